The number of rotatable bonds is 4. The third-order valence-electron chi connectivity index (χ3n) is 8.53. The number of carbonyl (C=O) groups is 3. The minimum absolute atomic E-state index is 0.221. The van der Waals surface area contributed by atoms with E-state index in [1.165, 1.54) is 30.3 Å². The zero-order valence-corrected chi connectivity index (χ0v) is 21.4. The van der Waals surface area contributed by atoms with Gasteiger partial charge in [-0.2, -0.15) is 0 Å². The van der Waals surface area contributed by atoms with Gasteiger partial charge >= 0.3 is 0 Å². The number of benzene rings is 4. The molecule has 1 fully saturated rings. The summed E-state index contributed by atoms with van der Waals surface area (Å²) in [6, 6.07) is 23.0. The number of Topliss-reactive ketones (excluding diaryl/α,β-unsaturated/α-hetero) is 3. The lowest BCUT2D eigenvalue weighted by Crippen LogP contribution is -2.48. The number of anilines is 1. The summed E-state index contributed by atoms with van der Waals surface area (Å²) in [5.74, 6) is -2.80. The van der Waals surface area contributed by atoms with Gasteiger partial charge in [0.2, 0.25) is 0 Å². The number of fused-ring (bicyclic) bond motifs is 5. The van der Waals surface area contributed by atoms with Gasteiger partial charge in [-0.1, -0.05) is 78.9 Å². The molecule has 2 aliphatic heterocycles. The summed E-state index contributed by atoms with van der Waals surface area (Å²) in [6.45, 7) is 0. The van der Waals surface area contributed by atoms with Crippen LogP contribution in [0.5, 0.6) is 0 Å². The predicted octanol–water partition coefficient (Wildman–Crippen LogP) is 6.05. The minimum atomic E-state index is -1.80. The minimum Gasteiger partial charge on any atom is -0.352 e. The Morgan fingerprint density at radius 3 is 2.22 bits per heavy atom. The first-order valence-corrected chi connectivity index (χ1v) is 13.1. The van der Waals surface area contributed by atoms with E-state index in [4.69, 9.17) is 0 Å². The second-order valence-corrected chi connectivity index (χ2v) is 10.5. The van der Waals surface area contributed by atoms with E-state index in [9.17, 15) is 28.9 Å². The molecule has 1 spiro atoms. The molecule has 0 unspecified atom stereocenters. The molecule has 0 N–H and O–H groups in total. The van der Waals surface area contributed by atoms with Gasteiger partial charge < -0.3 is 4.90 Å². The molecule has 7 rings (SSSR count). The molecule has 0 bridgehead atoms. The Labute approximate surface area is 233 Å². The van der Waals surface area contributed by atoms with Crippen LogP contribution in [0.1, 0.15) is 48.1 Å². The Morgan fingerprint density at radius 1 is 0.854 bits per heavy atom. The van der Waals surface area contributed by atoms with Crippen molar-refractivity contribution in [2.75, 3.05) is 4.90 Å². The maximum absolute atomic E-state index is 14.6. The predicted molar refractivity (Wildman–Crippen MR) is 150 cm³/mol. The molecule has 8 heteroatoms. The molecule has 200 valence electrons. The standard InChI is InChI=1S/C33H21FN2O5/c34-22-14-15-26-20(17-22)13-16-27-33(31(38)24-11-4-5-12-25(24)32(33)39)28(21-9-6-10-23(18-21)36(40)41)29(35(26)27)30(37)19-7-2-1-3-8-19/h1-18,27-29H/t27-,28-,29-/m1/s1. The molecule has 0 saturated carbocycles. The maximum atomic E-state index is 14.6. The molecule has 41 heavy (non-hydrogen) atoms. The zero-order chi connectivity index (χ0) is 28.5. The fraction of sp³-hybridized carbons (Fsp3) is 0.121. The van der Waals surface area contributed by atoms with Crippen LogP contribution in [0.2, 0.25) is 0 Å². The average molecular weight is 545 g/mol. The highest BCUT2D eigenvalue weighted by atomic mass is 19.1. The van der Waals surface area contributed by atoms with E-state index in [2.05, 4.69) is 0 Å². The molecule has 4 aromatic rings. The van der Waals surface area contributed by atoms with Crippen molar-refractivity contribution in [1.29, 1.82) is 0 Å². The van der Waals surface area contributed by atoms with E-state index < -0.39 is 45.7 Å². The summed E-state index contributed by atoms with van der Waals surface area (Å²) in [5.41, 5.74) is 0.164. The van der Waals surface area contributed by atoms with Gasteiger partial charge in [-0.05, 0) is 23.8 Å². The van der Waals surface area contributed by atoms with E-state index in [0.29, 0.717) is 22.4 Å². The number of nitro groups is 1. The summed E-state index contributed by atoms with van der Waals surface area (Å²) < 4.78 is 14.3. The topological polar surface area (TPSA) is 97.6 Å². The Hall–Kier alpha value is -5.24. The molecule has 1 saturated heterocycles. The SMILES string of the molecule is O=C(c1ccccc1)[C@H]1[C@@H](c2cccc([N+](=O)[O-])c2)C2(C(=O)c3ccccc3C2=O)[C@H]2C=Cc3cc(F)ccc3N12. The summed E-state index contributed by atoms with van der Waals surface area (Å²) in [4.78, 5) is 56.7. The number of nitro benzene ring substituents is 1. The first kappa shape index (κ1) is 24.8. The highest BCUT2D eigenvalue weighted by Crippen LogP contribution is 2.61. The van der Waals surface area contributed by atoms with Gasteiger partial charge in [-0.15, -0.1) is 0 Å². The second kappa shape index (κ2) is 8.89. The van der Waals surface area contributed by atoms with Crippen LogP contribution in [0.25, 0.3) is 6.08 Å². The number of halogens is 1. The van der Waals surface area contributed by atoms with Crippen LogP contribution in [0.15, 0.2) is 103 Å². The number of ketones is 3. The van der Waals surface area contributed by atoms with Gasteiger partial charge in [0.05, 0.1) is 11.0 Å². The first-order chi connectivity index (χ1) is 19.8. The van der Waals surface area contributed by atoms with Crippen LogP contribution in [-0.2, 0) is 0 Å². The number of nitrogens with zero attached hydrogens (tertiary/aromatic N) is 2. The van der Waals surface area contributed by atoms with Crippen molar-refractivity contribution in [3.8, 4) is 0 Å². The highest BCUT2D eigenvalue weighted by molar-refractivity contribution is 6.32. The van der Waals surface area contributed by atoms with Crippen LogP contribution in [0.3, 0.4) is 0 Å². The lowest BCUT2D eigenvalue weighted by molar-refractivity contribution is -0.384. The van der Waals surface area contributed by atoms with E-state index in [0.717, 1.165) is 0 Å². The molecule has 1 aliphatic carbocycles. The number of non-ortho nitro benzene ring substituents is 1. The van der Waals surface area contributed by atoms with Gasteiger partial charge in [0, 0.05) is 46.0 Å². The molecule has 0 amide bonds. The van der Waals surface area contributed by atoms with Gasteiger partial charge in [0.1, 0.15) is 17.3 Å². The van der Waals surface area contributed by atoms with Crippen LogP contribution in [-0.4, -0.2) is 34.4 Å². The van der Waals surface area contributed by atoms with E-state index in [1.807, 2.05) is 0 Å². The monoisotopic (exact) mass is 544 g/mol. The van der Waals surface area contributed by atoms with Crippen molar-refractivity contribution in [2.45, 2.75) is 18.0 Å². The average Bonchev–Trinajstić information content (AvgIpc) is 3.43. The number of hydrogen-bond donors (Lipinski definition) is 0. The van der Waals surface area contributed by atoms with Crippen LogP contribution in [0, 0.1) is 21.3 Å². The van der Waals surface area contributed by atoms with Crippen molar-refractivity contribution in [3.05, 3.63) is 147 Å². The Bertz CT molecular complexity index is 1800. The Balaban J connectivity index is 1.57. The van der Waals surface area contributed by atoms with Gasteiger partial charge in [-0.3, -0.25) is 24.5 Å². The van der Waals surface area contributed by atoms with Crippen molar-refractivity contribution in [3.63, 3.8) is 0 Å². The van der Waals surface area contributed by atoms with E-state index in [1.54, 1.807) is 83.8 Å². The Morgan fingerprint density at radius 2 is 1.54 bits per heavy atom. The van der Waals surface area contributed by atoms with Crippen molar-refractivity contribution < 1.29 is 23.7 Å². The zero-order valence-electron chi connectivity index (χ0n) is 21.4. The largest absolute Gasteiger partial charge is 0.352 e. The van der Waals surface area contributed by atoms with Crippen molar-refractivity contribution in [2.24, 2.45) is 5.41 Å². The highest BCUT2D eigenvalue weighted by Gasteiger charge is 2.71. The van der Waals surface area contributed by atoms with E-state index in [-0.39, 0.29) is 22.6 Å². The van der Waals surface area contributed by atoms with Gasteiger partial charge in [0.15, 0.2) is 17.3 Å². The normalized spacial score (nSPS) is 21.5. The van der Waals surface area contributed by atoms with Crippen molar-refractivity contribution in [1.82, 2.24) is 0 Å². The molecule has 0 radical (unpaired) electrons. The van der Waals surface area contributed by atoms with E-state index >= 15 is 0 Å². The fourth-order valence-corrected chi connectivity index (χ4v) is 6.93. The molecule has 7 nitrogen and oxygen atoms in total. The Kier molecular flexibility index (Phi) is 5.37. The fourth-order valence-electron chi connectivity index (χ4n) is 6.93. The maximum Gasteiger partial charge on any atom is 0.269 e. The third-order valence-corrected chi connectivity index (χ3v) is 8.53. The molecular weight excluding hydrogens is 523 g/mol. The first-order valence-electron chi connectivity index (χ1n) is 13.1. The lowest BCUT2D eigenvalue weighted by atomic mass is 9.64. The van der Waals surface area contributed by atoms with Gasteiger partial charge in [-0.25, -0.2) is 4.39 Å². The number of hydrogen-bond acceptors (Lipinski definition) is 6. The molecule has 4 aromatic carbocycles. The van der Waals surface area contributed by atoms with Crippen LogP contribution in [0.4, 0.5) is 15.8 Å². The summed E-state index contributed by atoms with van der Waals surface area (Å²) in [7, 11) is 0. The molecule has 0 aromatic heterocycles. The van der Waals surface area contributed by atoms with Gasteiger partial charge in [0.25, 0.3) is 5.69 Å². The van der Waals surface area contributed by atoms with Crippen LogP contribution >= 0.6 is 0 Å². The second-order valence-electron chi connectivity index (χ2n) is 10.5. The molecule has 3 aliphatic rings. The molecule has 2 heterocycles. The summed E-state index contributed by atoms with van der Waals surface area (Å²) in [6.07, 6.45) is 3.36. The summed E-state index contributed by atoms with van der Waals surface area (Å²) >= 11 is 0. The smallest absolute Gasteiger partial charge is 0.269 e. The summed E-state index contributed by atoms with van der Waals surface area (Å²) in [5, 5.41) is 11.8. The molecule has 3 atom stereocenters. The number of carbonyl (C=O) groups excluding carboxylic acids is 3. The van der Waals surface area contributed by atoms with Crippen LogP contribution < -0.4 is 4.90 Å². The van der Waals surface area contributed by atoms with Crippen molar-refractivity contribution >= 4 is 34.8 Å². The third kappa shape index (κ3) is 3.34. The molecular formula is C33H21FN2O5. The quantitative estimate of drug-likeness (QED) is 0.134. The lowest BCUT2D eigenvalue weighted by Gasteiger charge is -2.37.